The molecule has 8 nitrogen and oxygen atoms in total. The molecule has 0 aliphatic carbocycles. The van der Waals surface area contributed by atoms with Crippen molar-refractivity contribution in [1.29, 1.82) is 0 Å². The molecule has 1 heterocycles. The number of aliphatic carboxylic acids is 1. The molecule has 0 aliphatic heterocycles. The van der Waals surface area contributed by atoms with Crippen molar-refractivity contribution in [1.82, 2.24) is 14.7 Å². The molecule has 1 aromatic heterocycles. The molecule has 0 atom stereocenters. The second-order valence-electron chi connectivity index (χ2n) is 4.57. The third-order valence-electron chi connectivity index (χ3n) is 1.67. The average molecular weight is 277 g/mol. The molecule has 0 saturated carbocycles. The Morgan fingerprint density at radius 1 is 1.56 bits per heavy atom. The number of aromatic nitrogens is 2. The first-order valence-corrected chi connectivity index (χ1v) is 6.52. The number of hydrogen-bond acceptors (Lipinski definition) is 5. The summed E-state index contributed by atoms with van der Waals surface area (Å²) in [6.45, 7) is 4.64. The van der Waals surface area contributed by atoms with Gasteiger partial charge in [0.15, 0.2) is 0 Å². The number of hydrogen-bond donors (Lipinski definition) is 2. The number of carboxylic acid groups (broad SMARTS) is 1. The Labute approximate surface area is 105 Å². The summed E-state index contributed by atoms with van der Waals surface area (Å²) >= 11 is 0. The van der Waals surface area contributed by atoms with Gasteiger partial charge >= 0.3 is 5.97 Å². The predicted molar refractivity (Wildman–Crippen MR) is 61.0 cm³/mol. The Hall–Kier alpha value is -1.45. The molecule has 0 amide bonds. The largest absolute Gasteiger partial charge is 0.480 e. The van der Waals surface area contributed by atoms with E-state index in [1.54, 1.807) is 20.8 Å². The first-order valence-electron chi connectivity index (χ1n) is 5.04. The van der Waals surface area contributed by atoms with E-state index in [0.29, 0.717) is 0 Å². The van der Waals surface area contributed by atoms with Crippen LogP contribution in [0, 0.1) is 0 Å². The van der Waals surface area contributed by atoms with E-state index in [1.165, 1.54) is 0 Å². The fraction of sp³-hybridized carbons (Fsp3) is 0.556. The summed E-state index contributed by atoms with van der Waals surface area (Å²) in [5.74, 6) is -1.11. The van der Waals surface area contributed by atoms with Crippen LogP contribution in [0.1, 0.15) is 20.8 Å². The number of sulfonamides is 1. The van der Waals surface area contributed by atoms with Crippen LogP contribution in [0.15, 0.2) is 17.3 Å². The van der Waals surface area contributed by atoms with Gasteiger partial charge in [0, 0.05) is 6.20 Å². The summed E-state index contributed by atoms with van der Waals surface area (Å²) in [6, 6.07) is 0. The van der Waals surface area contributed by atoms with Crippen LogP contribution in [0.5, 0.6) is 0 Å². The first kappa shape index (κ1) is 14.6. The van der Waals surface area contributed by atoms with Gasteiger partial charge in [-0.05, 0) is 20.8 Å². The maximum atomic E-state index is 11.7. The zero-order chi connectivity index (χ0) is 14.0. The minimum absolute atomic E-state index is 0.159. The standard InChI is InChI=1S/C9H15N3O5S/c1-9(2,3)17-11-18(15,16)7-4-10-12(5-7)6-8(13)14/h4-5,11H,6H2,1-3H3,(H,13,14). The van der Waals surface area contributed by atoms with Crippen LogP contribution in [-0.4, -0.2) is 34.9 Å². The predicted octanol–water partition coefficient (Wildman–Crippen LogP) is -0.0239. The van der Waals surface area contributed by atoms with Crippen molar-refractivity contribution in [2.24, 2.45) is 0 Å². The molecule has 1 rings (SSSR count). The summed E-state index contributed by atoms with van der Waals surface area (Å²) in [4.78, 5) is 17.2. The van der Waals surface area contributed by atoms with Crippen LogP contribution >= 0.6 is 0 Å². The van der Waals surface area contributed by atoms with Gasteiger partial charge in [-0.2, -0.15) is 5.10 Å². The lowest BCUT2D eigenvalue weighted by Crippen LogP contribution is -2.33. The topological polar surface area (TPSA) is 111 Å². The zero-order valence-electron chi connectivity index (χ0n) is 10.2. The number of rotatable bonds is 5. The van der Waals surface area contributed by atoms with E-state index in [-0.39, 0.29) is 4.90 Å². The normalized spacial score (nSPS) is 12.6. The summed E-state index contributed by atoms with van der Waals surface area (Å²) in [7, 11) is -3.86. The van der Waals surface area contributed by atoms with Gasteiger partial charge in [-0.15, -0.1) is 0 Å². The molecule has 0 bridgehead atoms. The van der Waals surface area contributed by atoms with Crippen molar-refractivity contribution in [3.8, 4) is 0 Å². The fourth-order valence-electron chi connectivity index (χ4n) is 0.936. The Kier molecular flexibility index (Phi) is 4.09. The van der Waals surface area contributed by atoms with Gasteiger partial charge in [-0.3, -0.25) is 14.3 Å². The second kappa shape index (κ2) is 5.04. The Balaban J connectivity index is 2.79. The molecular formula is C9H15N3O5S. The van der Waals surface area contributed by atoms with Gasteiger partial charge in [-0.1, -0.05) is 4.89 Å². The molecule has 18 heavy (non-hydrogen) atoms. The smallest absolute Gasteiger partial charge is 0.325 e. The van der Waals surface area contributed by atoms with E-state index >= 15 is 0 Å². The van der Waals surface area contributed by atoms with Gasteiger partial charge in [0.25, 0.3) is 10.0 Å². The third-order valence-corrected chi connectivity index (χ3v) is 2.81. The van der Waals surface area contributed by atoms with Crippen LogP contribution in [0.3, 0.4) is 0 Å². The summed E-state index contributed by atoms with van der Waals surface area (Å²) in [5.41, 5.74) is -0.676. The molecule has 0 aromatic carbocycles. The quantitative estimate of drug-likeness (QED) is 0.731. The molecule has 2 N–H and O–H groups in total. The summed E-state index contributed by atoms with van der Waals surface area (Å²) in [6.07, 6.45) is 2.17. The zero-order valence-corrected chi connectivity index (χ0v) is 11.1. The van der Waals surface area contributed by atoms with Crippen LogP contribution in [-0.2, 0) is 26.2 Å². The van der Waals surface area contributed by atoms with E-state index in [1.807, 2.05) is 4.89 Å². The maximum Gasteiger partial charge on any atom is 0.325 e. The molecule has 0 radical (unpaired) electrons. The second-order valence-corrected chi connectivity index (χ2v) is 6.21. The van der Waals surface area contributed by atoms with Gasteiger partial charge in [0.2, 0.25) is 0 Å². The molecule has 1 aromatic rings. The minimum atomic E-state index is -3.86. The molecule has 0 fully saturated rings. The van der Waals surface area contributed by atoms with Crippen LogP contribution in [0.2, 0.25) is 0 Å². The van der Waals surface area contributed by atoms with Crippen molar-refractivity contribution in [3.63, 3.8) is 0 Å². The molecule has 0 spiro atoms. The van der Waals surface area contributed by atoms with Crippen LogP contribution in [0.25, 0.3) is 0 Å². The summed E-state index contributed by atoms with van der Waals surface area (Å²) < 4.78 is 24.5. The maximum absolute atomic E-state index is 11.7. The van der Waals surface area contributed by atoms with E-state index in [4.69, 9.17) is 9.94 Å². The van der Waals surface area contributed by atoms with Crippen LogP contribution in [0.4, 0.5) is 0 Å². The molecule has 9 heteroatoms. The number of nitrogens with one attached hydrogen (secondary N) is 1. The Morgan fingerprint density at radius 2 is 2.17 bits per heavy atom. The summed E-state index contributed by atoms with van der Waals surface area (Å²) in [5, 5.41) is 12.2. The van der Waals surface area contributed by atoms with Crippen LogP contribution < -0.4 is 4.89 Å². The number of carbonyl (C=O) groups is 1. The molecule has 102 valence electrons. The minimum Gasteiger partial charge on any atom is -0.480 e. The first-order chi connectivity index (χ1) is 8.10. The lowest BCUT2D eigenvalue weighted by atomic mass is 10.2. The van der Waals surface area contributed by atoms with Crippen molar-refractivity contribution < 1.29 is 23.2 Å². The molecule has 0 unspecified atom stereocenters. The number of nitrogens with zero attached hydrogens (tertiary/aromatic N) is 2. The van der Waals surface area contributed by atoms with E-state index in [9.17, 15) is 13.2 Å². The van der Waals surface area contributed by atoms with Gasteiger partial charge in [-0.25, -0.2) is 8.42 Å². The third kappa shape index (κ3) is 4.43. The van der Waals surface area contributed by atoms with Crippen molar-refractivity contribution >= 4 is 16.0 Å². The monoisotopic (exact) mass is 277 g/mol. The Morgan fingerprint density at radius 3 is 2.67 bits per heavy atom. The van der Waals surface area contributed by atoms with Gasteiger partial charge in [0.05, 0.1) is 11.8 Å². The van der Waals surface area contributed by atoms with E-state index in [2.05, 4.69) is 5.10 Å². The lowest BCUT2D eigenvalue weighted by molar-refractivity contribution is -0.137. The number of carboxylic acids is 1. The van der Waals surface area contributed by atoms with E-state index in [0.717, 1.165) is 17.1 Å². The highest BCUT2D eigenvalue weighted by atomic mass is 32.2. The SMILES string of the molecule is CC(C)(C)ONS(=O)(=O)c1cnn(CC(=O)O)c1. The van der Waals surface area contributed by atoms with Crippen molar-refractivity contribution in [2.45, 2.75) is 37.8 Å². The van der Waals surface area contributed by atoms with Crippen molar-refractivity contribution in [3.05, 3.63) is 12.4 Å². The van der Waals surface area contributed by atoms with Gasteiger partial charge < -0.3 is 5.11 Å². The highest BCUT2D eigenvalue weighted by Gasteiger charge is 2.21. The highest BCUT2D eigenvalue weighted by molar-refractivity contribution is 7.89. The highest BCUT2D eigenvalue weighted by Crippen LogP contribution is 2.10. The lowest BCUT2D eigenvalue weighted by Gasteiger charge is -2.18. The average Bonchev–Trinajstić information content (AvgIpc) is 2.62. The Bertz CT molecular complexity index is 529. The van der Waals surface area contributed by atoms with Crippen molar-refractivity contribution in [2.75, 3.05) is 0 Å². The molecular weight excluding hydrogens is 262 g/mol. The molecule has 0 aliphatic rings. The molecule has 0 saturated heterocycles. The van der Waals surface area contributed by atoms with E-state index < -0.39 is 28.1 Å². The fourth-order valence-corrected chi connectivity index (χ4v) is 1.84. The van der Waals surface area contributed by atoms with Gasteiger partial charge in [0.1, 0.15) is 11.4 Å².